The zero-order valence-electron chi connectivity index (χ0n) is 15.0. The van der Waals surface area contributed by atoms with Gasteiger partial charge in [-0.2, -0.15) is 0 Å². The van der Waals surface area contributed by atoms with Crippen LogP contribution in [-0.4, -0.2) is 9.97 Å². The summed E-state index contributed by atoms with van der Waals surface area (Å²) < 4.78 is 0. The fourth-order valence-electron chi connectivity index (χ4n) is 3.52. The summed E-state index contributed by atoms with van der Waals surface area (Å²) in [5.41, 5.74) is 10.2. The van der Waals surface area contributed by atoms with E-state index < -0.39 is 0 Å². The number of nitrogens with zero attached hydrogens (tertiary/aromatic N) is 2. The summed E-state index contributed by atoms with van der Waals surface area (Å²) >= 11 is 5.96. The minimum Gasteiger partial charge on any atom is -0.368 e. The molecule has 3 rings (SSSR count). The van der Waals surface area contributed by atoms with E-state index >= 15 is 0 Å². The first-order valence-electron chi connectivity index (χ1n) is 8.60. The molecule has 1 aromatic heterocycles. The van der Waals surface area contributed by atoms with E-state index in [0.29, 0.717) is 10.9 Å². The number of nitrogens with two attached hydrogens (primary N) is 1. The summed E-state index contributed by atoms with van der Waals surface area (Å²) in [6, 6.07) is 9.54. The van der Waals surface area contributed by atoms with E-state index in [2.05, 4.69) is 49.0 Å². The molecule has 0 amide bonds. The molecule has 25 heavy (non-hydrogen) atoms. The Morgan fingerprint density at radius 2 is 1.92 bits per heavy atom. The van der Waals surface area contributed by atoms with Crippen LogP contribution in [0.2, 0.25) is 5.02 Å². The van der Waals surface area contributed by atoms with Crippen LogP contribution in [-0.2, 0) is 0 Å². The van der Waals surface area contributed by atoms with Gasteiger partial charge in [0.2, 0.25) is 5.95 Å². The number of benzene rings is 1. The number of rotatable bonds is 3. The van der Waals surface area contributed by atoms with Gasteiger partial charge in [-0.15, -0.1) is 0 Å². The van der Waals surface area contributed by atoms with Gasteiger partial charge in [-0.05, 0) is 49.5 Å². The van der Waals surface area contributed by atoms with Gasteiger partial charge < -0.3 is 5.73 Å². The highest BCUT2D eigenvalue weighted by Crippen LogP contribution is 2.41. The summed E-state index contributed by atoms with van der Waals surface area (Å²) in [5, 5.41) is 0.702. The van der Waals surface area contributed by atoms with Gasteiger partial charge in [-0.3, -0.25) is 0 Å². The third kappa shape index (κ3) is 4.10. The SMILES string of the molecule is CC1=CCCC(C)(C)C1/C=C/c1cc(-c2ccc(Cl)cc2)nc(N)n1. The van der Waals surface area contributed by atoms with E-state index in [1.54, 1.807) is 0 Å². The molecular weight excluding hydrogens is 330 g/mol. The Labute approximate surface area is 154 Å². The van der Waals surface area contributed by atoms with Crippen LogP contribution in [0.5, 0.6) is 0 Å². The molecule has 2 aromatic rings. The van der Waals surface area contributed by atoms with Crippen molar-refractivity contribution in [2.24, 2.45) is 11.3 Å². The standard InChI is InChI=1S/C21H24ClN3/c1-14-5-4-12-21(2,3)18(14)11-10-17-13-19(25-20(23)24-17)15-6-8-16(22)9-7-15/h5-11,13,18H,4,12H2,1-3H3,(H2,23,24,25)/b11-10+. The molecule has 4 heteroatoms. The average molecular weight is 354 g/mol. The molecule has 130 valence electrons. The topological polar surface area (TPSA) is 51.8 Å². The molecule has 0 fully saturated rings. The lowest BCUT2D eigenvalue weighted by molar-refractivity contribution is 0.256. The smallest absolute Gasteiger partial charge is 0.221 e. The highest BCUT2D eigenvalue weighted by atomic mass is 35.5. The number of hydrogen-bond donors (Lipinski definition) is 1. The molecule has 3 nitrogen and oxygen atoms in total. The van der Waals surface area contributed by atoms with Crippen molar-refractivity contribution in [3.8, 4) is 11.3 Å². The quantitative estimate of drug-likeness (QED) is 0.712. The number of aromatic nitrogens is 2. The summed E-state index contributed by atoms with van der Waals surface area (Å²) in [4.78, 5) is 8.72. The molecule has 1 aliphatic carbocycles. The molecular formula is C21H24ClN3. The average Bonchev–Trinajstić information content (AvgIpc) is 2.54. The van der Waals surface area contributed by atoms with Gasteiger partial charge in [0.1, 0.15) is 0 Å². The van der Waals surface area contributed by atoms with E-state index in [9.17, 15) is 0 Å². The Hall–Kier alpha value is -2.13. The lowest BCUT2D eigenvalue weighted by atomic mass is 9.68. The van der Waals surface area contributed by atoms with Gasteiger partial charge in [-0.25, -0.2) is 9.97 Å². The van der Waals surface area contributed by atoms with Gasteiger partial charge >= 0.3 is 0 Å². The Bertz CT molecular complexity index is 820. The minimum absolute atomic E-state index is 0.257. The van der Waals surface area contributed by atoms with Crippen LogP contribution >= 0.6 is 11.6 Å². The molecule has 0 saturated carbocycles. The van der Waals surface area contributed by atoms with Gasteiger partial charge in [0.15, 0.2) is 0 Å². The third-order valence-corrected chi connectivity index (χ3v) is 5.20. The number of anilines is 1. The first kappa shape index (κ1) is 17.7. The molecule has 0 saturated heterocycles. The minimum atomic E-state index is 0.257. The van der Waals surface area contributed by atoms with Crippen molar-refractivity contribution in [1.29, 1.82) is 0 Å². The number of halogens is 1. The van der Waals surface area contributed by atoms with Gasteiger partial charge in [0.05, 0.1) is 11.4 Å². The monoisotopic (exact) mass is 353 g/mol. The molecule has 0 spiro atoms. The van der Waals surface area contributed by atoms with Gasteiger partial charge in [0.25, 0.3) is 0 Å². The first-order valence-corrected chi connectivity index (χ1v) is 8.98. The van der Waals surface area contributed by atoms with E-state index in [0.717, 1.165) is 23.4 Å². The predicted octanol–water partition coefficient (Wildman–Crippen LogP) is 5.77. The molecule has 1 heterocycles. The number of allylic oxidation sites excluding steroid dienone is 3. The second-order valence-electron chi connectivity index (χ2n) is 7.36. The maximum absolute atomic E-state index is 5.96. The highest BCUT2D eigenvalue weighted by Gasteiger charge is 2.30. The van der Waals surface area contributed by atoms with Crippen LogP contribution < -0.4 is 5.73 Å². The van der Waals surface area contributed by atoms with E-state index in [4.69, 9.17) is 17.3 Å². The molecule has 1 aliphatic rings. The fraction of sp³-hybridized carbons (Fsp3) is 0.333. The lowest BCUT2D eigenvalue weighted by Gasteiger charge is -2.36. The molecule has 1 atom stereocenters. The van der Waals surface area contributed by atoms with Crippen LogP contribution in [0.15, 0.2) is 48.1 Å². The van der Waals surface area contributed by atoms with Crippen molar-refractivity contribution in [3.05, 3.63) is 58.8 Å². The van der Waals surface area contributed by atoms with E-state index in [1.165, 1.54) is 12.0 Å². The summed E-state index contributed by atoms with van der Waals surface area (Å²) in [6.45, 7) is 6.86. The van der Waals surface area contributed by atoms with Crippen molar-refractivity contribution < 1.29 is 0 Å². The Morgan fingerprint density at radius 3 is 2.60 bits per heavy atom. The second-order valence-corrected chi connectivity index (χ2v) is 7.79. The number of hydrogen-bond acceptors (Lipinski definition) is 3. The van der Waals surface area contributed by atoms with Crippen LogP contribution in [0.3, 0.4) is 0 Å². The summed E-state index contributed by atoms with van der Waals surface area (Å²) in [5.74, 6) is 0.693. The molecule has 0 bridgehead atoms. The Morgan fingerprint density at radius 1 is 1.20 bits per heavy atom. The highest BCUT2D eigenvalue weighted by molar-refractivity contribution is 6.30. The normalized spacial score (nSPS) is 19.8. The molecule has 0 aliphatic heterocycles. The second kappa shape index (κ2) is 7.01. The van der Waals surface area contributed by atoms with E-state index in [1.807, 2.05) is 30.3 Å². The van der Waals surface area contributed by atoms with Crippen LogP contribution in [0, 0.1) is 11.3 Å². The largest absolute Gasteiger partial charge is 0.368 e. The van der Waals surface area contributed by atoms with Gasteiger partial charge in [0, 0.05) is 16.5 Å². The first-order chi connectivity index (χ1) is 11.8. The fourth-order valence-corrected chi connectivity index (χ4v) is 3.64. The summed E-state index contributed by atoms with van der Waals surface area (Å²) in [6.07, 6.45) is 9.00. The van der Waals surface area contributed by atoms with Crippen LogP contribution in [0.4, 0.5) is 5.95 Å². The van der Waals surface area contributed by atoms with Crippen molar-refractivity contribution in [1.82, 2.24) is 9.97 Å². The van der Waals surface area contributed by atoms with E-state index in [-0.39, 0.29) is 11.4 Å². The Balaban J connectivity index is 1.91. The zero-order valence-corrected chi connectivity index (χ0v) is 15.7. The Kier molecular flexibility index (Phi) is 4.96. The van der Waals surface area contributed by atoms with Crippen molar-refractivity contribution in [3.63, 3.8) is 0 Å². The maximum Gasteiger partial charge on any atom is 0.221 e. The predicted molar refractivity (Wildman–Crippen MR) is 106 cm³/mol. The zero-order chi connectivity index (χ0) is 18.0. The van der Waals surface area contributed by atoms with Crippen molar-refractivity contribution in [2.75, 3.05) is 5.73 Å². The van der Waals surface area contributed by atoms with Crippen molar-refractivity contribution >= 4 is 23.6 Å². The molecule has 1 aromatic carbocycles. The van der Waals surface area contributed by atoms with Gasteiger partial charge in [-0.1, -0.05) is 55.3 Å². The summed E-state index contributed by atoms with van der Waals surface area (Å²) in [7, 11) is 0. The van der Waals surface area contributed by atoms with Crippen LogP contribution in [0.1, 0.15) is 39.3 Å². The third-order valence-electron chi connectivity index (χ3n) is 4.95. The van der Waals surface area contributed by atoms with Crippen LogP contribution in [0.25, 0.3) is 17.3 Å². The maximum atomic E-state index is 5.96. The molecule has 1 unspecified atom stereocenters. The van der Waals surface area contributed by atoms with Crippen molar-refractivity contribution in [2.45, 2.75) is 33.6 Å². The number of nitrogen functional groups attached to an aromatic ring is 1. The molecule has 2 N–H and O–H groups in total. The lowest BCUT2D eigenvalue weighted by Crippen LogP contribution is -2.26. The molecule has 0 radical (unpaired) electrons.